The number of ether oxygens (including phenoxy) is 3. The van der Waals surface area contributed by atoms with Crippen LogP contribution in [0.15, 0.2) is 24.3 Å². The summed E-state index contributed by atoms with van der Waals surface area (Å²) in [5.74, 6) is 0.0515. The highest BCUT2D eigenvalue weighted by Crippen LogP contribution is 2.36. The van der Waals surface area contributed by atoms with E-state index in [-0.39, 0.29) is 12.4 Å². The van der Waals surface area contributed by atoms with Crippen LogP contribution >= 0.6 is 11.6 Å². The number of carbonyl (C=O) groups is 2. The van der Waals surface area contributed by atoms with Gasteiger partial charge in [0.2, 0.25) is 5.78 Å². The van der Waals surface area contributed by atoms with Crippen LogP contribution in [0, 0.1) is 13.8 Å². The molecular weight excluding hydrogens is 382 g/mol. The van der Waals surface area contributed by atoms with Crippen molar-refractivity contribution in [1.29, 1.82) is 0 Å². The SMILES string of the molecule is CCOc1cc(/C=C/C(=O)OCC(=O)c2cc(C)n(C)c2C)cc(Cl)c1OC. The number of esters is 1. The van der Waals surface area contributed by atoms with Crippen molar-refractivity contribution in [2.24, 2.45) is 7.05 Å². The van der Waals surface area contributed by atoms with Crippen LogP contribution in [-0.2, 0) is 16.6 Å². The van der Waals surface area contributed by atoms with Crippen LogP contribution in [0.3, 0.4) is 0 Å². The van der Waals surface area contributed by atoms with Gasteiger partial charge in [-0.05, 0) is 50.6 Å². The summed E-state index contributed by atoms with van der Waals surface area (Å²) in [6.07, 6.45) is 2.78. The van der Waals surface area contributed by atoms with Gasteiger partial charge in [-0.1, -0.05) is 11.6 Å². The maximum atomic E-state index is 12.3. The third kappa shape index (κ3) is 4.95. The van der Waals surface area contributed by atoms with Gasteiger partial charge in [0.1, 0.15) is 0 Å². The highest BCUT2D eigenvalue weighted by Gasteiger charge is 2.15. The molecule has 0 bridgehead atoms. The lowest BCUT2D eigenvalue weighted by atomic mass is 10.1. The van der Waals surface area contributed by atoms with Gasteiger partial charge in [-0.25, -0.2) is 4.79 Å². The van der Waals surface area contributed by atoms with Gasteiger partial charge in [0.15, 0.2) is 18.1 Å². The first kappa shape index (κ1) is 21.6. The van der Waals surface area contributed by atoms with Crippen molar-refractivity contribution in [2.45, 2.75) is 20.8 Å². The molecule has 0 spiro atoms. The number of ketones is 1. The Balaban J connectivity index is 2.03. The number of hydrogen-bond acceptors (Lipinski definition) is 5. The first-order chi connectivity index (χ1) is 13.3. The van der Waals surface area contributed by atoms with Crippen molar-refractivity contribution in [2.75, 3.05) is 20.3 Å². The van der Waals surface area contributed by atoms with E-state index >= 15 is 0 Å². The first-order valence-electron chi connectivity index (χ1n) is 8.79. The third-order valence-corrected chi connectivity index (χ3v) is 4.65. The number of aryl methyl sites for hydroxylation is 1. The summed E-state index contributed by atoms with van der Waals surface area (Å²) < 4.78 is 17.7. The van der Waals surface area contributed by atoms with E-state index in [4.69, 9.17) is 25.8 Å². The van der Waals surface area contributed by atoms with Gasteiger partial charge in [0.25, 0.3) is 0 Å². The molecule has 1 aromatic carbocycles. The first-order valence-corrected chi connectivity index (χ1v) is 9.17. The van der Waals surface area contributed by atoms with Crippen molar-refractivity contribution >= 4 is 29.4 Å². The summed E-state index contributed by atoms with van der Waals surface area (Å²) in [6, 6.07) is 5.14. The lowest BCUT2D eigenvalue weighted by molar-refractivity contribution is -0.136. The number of nitrogens with zero attached hydrogens (tertiary/aromatic N) is 1. The van der Waals surface area contributed by atoms with E-state index in [1.807, 2.05) is 32.4 Å². The zero-order valence-electron chi connectivity index (χ0n) is 16.7. The Morgan fingerprint density at radius 1 is 1.21 bits per heavy atom. The van der Waals surface area contributed by atoms with Crippen molar-refractivity contribution in [3.05, 3.63) is 51.8 Å². The highest BCUT2D eigenvalue weighted by atomic mass is 35.5. The van der Waals surface area contributed by atoms with Crippen LogP contribution in [0.1, 0.15) is 34.2 Å². The Morgan fingerprint density at radius 2 is 1.93 bits per heavy atom. The minimum atomic E-state index is -0.622. The minimum absolute atomic E-state index is 0.242. The molecule has 0 fully saturated rings. The van der Waals surface area contributed by atoms with Crippen molar-refractivity contribution in [3.63, 3.8) is 0 Å². The van der Waals surface area contributed by atoms with Gasteiger partial charge in [0, 0.05) is 30.1 Å². The molecule has 150 valence electrons. The fourth-order valence-corrected chi connectivity index (χ4v) is 3.01. The van der Waals surface area contributed by atoms with Crippen molar-refractivity contribution in [1.82, 2.24) is 4.57 Å². The molecule has 6 nitrogen and oxygen atoms in total. The lowest BCUT2D eigenvalue weighted by Gasteiger charge is -2.11. The fourth-order valence-electron chi connectivity index (χ4n) is 2.71. The maximum absolute atomic E-state index is 12.3. The van der Waals surface area contributed by atoms with Gasteiger partial charge in [-0.3, -0.25) is 4.79 Å². The molecule has 2 aromatic rings. The van der Waals surface area contributed by atoms with E-state index in [9.17, 15) is 9.59 Å². The Morgan fingerprint density at radius 3 is 2.50 bits per heavy atom. The Kier molecular flexibility index (Phi) is 7.29. The second-order valence-electron chi connectivity index (χ2n) is 6.18. The molecule has 0 radical (unpaired) electrons. The van der Waals surface area contributed by atoms with Crippen LogP contribution in [0.25, 0.3) is 6.08 Å². The normalized spacial score (nSPS) is 10.9. The highest BCUT2D eigenvalue weighted by molar-refractivity contribution is 6.32. The molecule has 0 atom stereocenters. The number of halogens is 1. The second-order valence-corrected chi connectivity index (χ2v) is 6.58. The predicted molar refractivity (Wildman–Crippen MR) is 108 cm³/mol. The van der Waals surface area contributed by atoms with E-state index in [1.165, 1.54) is 13.2 Å². The van der Waals surface area contributed by atoms with E-state index in [0.717, 1.165) is 11.4 Å². The van der Waals surface area contributed by atoms with Crippen LogP contribution in [0.5, 0.6) is 11.5 Å². The largest absolute Gasteiger partial charge is 0.491 e. The van der Waals surface area contributed by atoms with Crippen LogP contribution in [-0.4, -0.2) is 36.6 Å². The summed E-state index contributed by atoms with van der Waals surface area (Å²) in [6.45, 7) is 5.74. The summed E-state index contributed by atoms with van der Waals surface area (Å²) in [5.41, 5.74) is 3.01. The van der Waals surface area contributed by atoms with Gasteiger partial charge in [-0.2, -0.15) is 0 Å². The van der Waals surface area contributed by atoms with Crippen LogP contribution in [0.2, 0.25) is 5.02 Å². The van der Waals surface area contributed by atoms with Gasteiger partial charge in [0.05, 0.1) is 18.7 Å². The number of aromatic nitrogens is 1. The molecule has 0 aliphatic rings. The summed E-state index contributed by atoms with van der Waals surface area (Å²) in [5, 5.41) is 0.367. The topological polar surface area (TPSA) is 66.8 Å². The van der Waals surface area contributed by atoms with Crippen molar-refractivity contribution < 1.29 is 23.8 Å². The molecule has 0 aliphatic carbocycles. The molecule has 28 heavy (non-hydrogen) atoms. The van der Waals surface area contributed by atoms with E-state index < -0.39 is 5.97 Å². The smallest absolute Gasteiger partial charge is 0.331 e. The molecule has 1 aromatic heterocycles. The molecule has 1 heterocycles. The Bertz CT molecular complexity index is 914. The Labute approximate surface area is 169 Å². The summed E-state index contributed by atoms with van der Waals surface area (Å²) in [7, 11) is 3.39. The molecule has 2 rings (SSSR count). The molecule has 0 aliphatic heterocycles. The van der Waals surface area contributed by atoms with Gasteiger partial charge < -0.3 is 18.8 Å². The Hall–Kier alpha value is -2.73. The number of Topliss-reactive ketones (excluding diaryl/α,β-unsaturated/α-hetero) is 1. The summed E-state index contributed by atoms with van der Waals surface area (Å²) >= 11 is 6.18. The number of benzene rings is 1. The maximum Gasteiger partial charge on any atom is 0.331 e. The zero-order valence-corrected chi connectivity index (χ0v) is 17.4. The van der Waals surface area contributed by atoms with E-state index in [2.05, 4.69) is 0 Å². The van der Waals surface area contributed by atoms with E-state index in [0.29, 0.717) is 34.3 Å². The van der Waals surface area contributed by atoms with Gasteiger partial charge >= 0.3 is 5.97 Å². The predicted octanol–water partition coefficient (Wildman–Crippen LogP) is 4.14. The number of rotatable bonds is 8. The second kappa shape index (κ2) is 9.46. The number of methoxy groups -OCH3 is 1. The molecule has 0 N–H and O–H groups in total. The minimum Gasteiger partial charge on any atom is -0.491 e. The lowest BCUT2D eigenvalue weighted by Crippen LogP contribution is -2.13. The molecule has 0 amide bonds. The summed E-state index contributed by atoms with van der Waals surface area (Å²) in [4.78, 5) is 24.3. The molecule has 0 unspecified atom stereocenters. The van der Waals surface area contributed by atoms with Gasteiger partial charge in [-0.15, -0.1) is 0 Å². The third-order valence-electron chi connectivity index (χ3n) is 4.37. The molecule has 0 saturated heterocycles. The molecular formula is C21H24ClNO5. The fraction of sp³-hybridized carbons (Fsp3) is 0.333. The monoisotopic (exact) mass is 405 g/mol. The van der Waals surface area contributed by atoms with Crippen LogP contribution in [0.4, 0.5) is 0 Å². The number of hydrogen-bond donors (Lipinski definition) is 0. The van der Waals surface area contributed by atoms with Crippen LogP contribution < -0.4 is 9.47 Å². The molecule has 7 heteroatoms. The standard InChI is InChI=1S/C21H24ClNO5/c1-6-27-19-11-15(10-17(22)21(19)26-5)7-8-20(25)28-12-18(24)16-9-13(2)23(4)14(16)3/h7-11H,6,12H2,1-5H3/b8-7+. The van der Waals surface area contributed by atoms with Crippen molar-refractivity contribution in [3.8, 4) is 11.5 Å². The number of carbonyl (C=O) groups excluding carboxylic acids is 2. The quantitative estimate of drug-likeness (QED) is 0.375. The molecule has 0 saturated carbocycles. The average molecular weight is 406 g/mol. The van der Waals surface area contributed by atoms with E-state index in [1.54, 1.807) is 24.3 Å². The average Bonchev–Trinajstić information content (AvgIpc) is 2.92. The zero-order chi connectivity index (χ0) is 20.8.